The summed E-state index contributed by atoms with van der Waals surface area (Å²) in [4.78, 5) is 2.39. The van der Waals surface area contributed by atoms with Gasteiger partial charge in [-0.15, -0.1) is 0 Å². The van der Waals surface area contributed by atoms with Crippen molar-refractivity contribution < 1.29 is 0 Å². The summed E-state index contributed by atoms with van der Waals surface area (Å²) >= 11 is 0. The lowest BCUT2D eigenvalue weighted by Gasteiger charge is -2.21. The van der Waals surface area contributed by atoms with Gasteiger partial charge in [0.25, 0.3) is 0 Å². The minimum atomic E-state index is 0.824. The molecule has 0 aliphatic rings. The molecule has 0 spiro atoms. The first-order valence-electron chi connectivity index (χ1n) is 7.01. The third kappa shape index (κ3) is 4.80. The molecule has 1 heteroatoms. The van der Waals surface area contributed by atoms with Crippen LogP contribution in [0, 0.1) is 5.92 Å². The van der Waals surface area contributed by atoms with Crippen molar-refractivity contribution in [2.45, 2.75) is 47.0 Å². The molecule has 0 N–H and O–H groups in total. The fourth-order valence-electron chi connectivity index (χ4n) is 2.18. The van der Waals surface area contributed by atoms with Gasteiger partial charge >= 0.3 is 0 Å². The summed E-state index contributed by atoms with van der Waals surface area (Å²) in [6.45, 7) is 11.2. The summed E-state index contributed by atoms with van der Waals surface area (Å²) < 4.78 is 0. The molecule has 0 aromatic heterocycles. The third-order valence-corrected chi connectivity index (χ3v) is 3.31. The van der Waals surface area contributed by atoms with Gasteiger partial charge in [0.05, 0.1) is 0 Å². The molecule has 0 aliphatic carbocycles. The van der Waals surface area contributed by atoms with E-state index in [-0.39, 0.29) is 0 Å². The Morgan fingerprint density at radius 2 is 1.59 bits per heavy atom. The predicted molar refractivity (Wildman–Crippen MR) is 77.8 cm³/mol. The zero-order valence-electron chi connectivity index (χ0n) is 11.9. The van der Waals surface area contributed by atoms with E-state index in [1.54, 1.807) is 0 Å². The Morgan fingerprint density at radius 1 is 1.00 bits per heavy atom. The molecule has 1 nitrogen and oxygen atoms in total. The van der Waals surface area contributed by atoms with E-state index in [2.05, 4.69) is 56.9 Å². The largest absolute Gasteiger partial charge is 0.372 e. The molecule has 96 valence electrons. The second kappa shape index (κ2) is 7.37. The summed E-state index contributed by atoms with van der Waals surface area (Å²) in [6, 6.07) is 9.09. The molecule has 1 aromatic carbocycles. The van der Waals surface area contributed by atoms with Crippen molar-refractivity contribution in [2.75, 3.05) is 18.0 Å². The standard InChI is InChI=1S/C16H27N/c1-5-17(6-2)16-12-10-15(11-13-16)9-7-8-14(3)4/h10-14H,5-9H2,1-4H3. The first-order chi connectivity index (χ1) is 8.17. The van der Waals surface area contributed by atoms with Crippen LogP contribution in [0.5, 0.6) is 0 Å². The maximum Gasteiger partial charge on any atom is 0.0366 e. The summed E-state index contributed by atoms with van der Waals surface area (Å²) in [5, 5.41) is 0. The van der Waals surface area contributed by atoms with E-state index in [0.29, 0.717) is 0 Å². The van der Waals surface area contributed by atoms with E-state index < -0.39 is 0 Å². The van der Waals surface area contributed by atoms with Gasteiger partial charge in [-0.2, -0.15) is 0 Å². The average Bonchev–Trinajstić information content (AvgIpc) is 2.32. The second-order valence-corrected chi connectivity index (χ2v) is 5.12. The van der Waals surface area contributed by atoms with E-state index in [0.717, 1.165) is 19.0 Å². The smallest absolute Gasteiger partial charge is 0.0366 e. The number of nitrogens with zero attached hydrogens (tertiary/aromatic N) is 1. The molecular weight excluding hydrogens is 206 g/mol. The van der Waals surface area contributed by atoms with E-state index in [4.69, 9.17) is 0 Å². The number of hydrogen-bond donors (Lipinski definition) is 0. The van der Waals surface area contributed by atoms with Crippen molar-refractivity contribution >= 4 is 5.69 Å². The quantitative estimate of drug-likeness (QED) is 0.669. The normalized spacial score (nSPS) is 10.9. The van der Waals surface area contributed by atoms with Crippen molar-refractivity contribution in [3.63, 3.8) is 0 Å². The number of aryl methyl sites for hydroxylation is 1. The van der Waals surface area contributed by atoms with E-state index in [9.17, 15) is 0 Å². The highest BCUT2D eigenvalue weighted by atomic mass is 15.1. The molecule has 0 saturated carbocycles. The zero-order chi connectivity index (χ0) is 12.7. The first kappa shape index (κ1) is 14.1. The van der Waals surface area contributed by atoms with Gasteiger partial charge in [0.2, 0.25) is 0 Å². The van der Waals surface area contributed by atoms with Gasteiger partial charge in [-0.3, -0.25) is 0 Å². The molecule has 17 heavy (non-hydrogen) atoms. The van der Waals surface area contributed by atoms with Crippen LogP contribution in [0.1, 0.15) is 46.1 Å². The maximum atomic E-state index is 2.39. The predicted octanol–water partition coefficient (Wildman–Crippen LogP) is 4.51. The van der Waals surface area contributed by atoms with Gasteiger partial charge in [0.1, 0.15) is 0 Å². The van der Waals surface area contributed by atoms with Gasteiger partial charge in [0.15, 0.2) is 0 Å². The molecule has 0 aliphatic heterocycles. The number of hydrogen-bond acceptors (Lipinski definition) is 1. The Morgan fingerprint density at radius 3 is 2.06 bits per heavy atom. The second-order valence-electron chi connectivity index (χ2n) is 5.12. The topological polar surface area (TPSA) is 3.24 Å². The molecule has 1 rings (SSSR count). The van der Waals surface area contributed by atoms with E-state index in [1.165, 1.54) is 30.5 Å². The number of benzene rings is 1. The molecule has 0 unspecified atom stereocenters. The SMILES string of the molecule is CCN(CC)c1ccc(CCCC(C)C)cc1. The Bertz CT molecular complexity index is 296. The van der Waals surface area contributed by atoms with Crippen LogP contribution in [0.3, 0.4) is 0 Å². The van der Waals surface area contributed by atoms with Crippen LogP contribution in [0.4, 0.5) is 5.69 Å². The van der Waals surface area contributed by atoms with E-state index in [1.807, 2.05) is 0 Å². The van der Waals surface area contributed by atoms with Gasteiger partial charge in [0, 0.05) is 18.8 Å². The van der Waals surface area contributed by atoms with Crippen LogP contribution in [-0.2, 0) is 6.42 Å². The lowest BCUT2D eigenvalue weighted by Crippen LogP contribution is -2.21. The summed E-state index contributed by atoms with van der Waals surface area (Å²) in [6.07, 6.45) is 3.86. The zero-order valence-corrected chi connectivity index (χ0v) is 11.9. The van der Waals surface area contributed by atoms with Gasteiger partial charge in [-0.1, -0.05) is 32.4 Å². The molecule has 0 bridgehead atoms. The van der Waals surface area contributed by atoms with Crippen LogP contribution in [0.15, 0.2) is 24.3 Å². The summed E-state index contributed by atoms with van der Waals surface area (Å²) in [7, 11) is 0. The minimum Gasteiger partial charge on any atom is -0.372 e. The van der Waals surface area contributed by atoms with Gasteiger partial charge < -0.3 is 4.90 Å². The van der Waals surface area contributed by atoms with Crippen LogP contribution >= 0.6 is 0 Å². The molecule has 0 heterocycles. The van der Waals surface area contributed by atoms with Crippen LogP contribution in [-0.4, -0.2) is 13.1 Å². The molecule has 0 amide bonds. The highest BCUT2D eigenvalue weighted by molar-refractivity contribution is 5.47. The first-order valence-corrected chi connectivity index (χ1v) is 7.01. The Labute approximate surface area is 107 Å². The average molecular weight is 233 g/mol. The van der Waals surface area contributed by atoms with Crippen molar-refractivity contribution in [3.8, 4) is 0 Å². The lowest BCUT2D eigenvalue weighted by atomic mass is 10.0. The van der Waals surface area contributed by atoms with Crippen molar-refractivity contribution in [1.82, 2.24) is 0 Å². The maximum absolute atomic E-state index is 2.39. The number of anilines is 1. The van der Waals surface area contributed by atoms with Crippen molar-refractivity contribution in [1.29, 1.82) is 0 Å². The van der Waals surface area contributed by atoms with Crippen LogP contribution in [0.25, 0.3) is 0 Å². The highest BCUT2D eigenvalue weighted by Gasteiger charge is 2.01. The molecular formula is C16H27N. The Hall–Kier alpha value is -0.980. The molecule has 0 radical (unpaired) electrons. The third-order valence-electron chi connectivity index (χ3n) is 3.31. The van der Waals surface area contributed by atoms with Crippen LogP contribution < -0.4 is 4.90 Å². The molecule has 0 atom stereocenters. The van der Waals surface area contributed by atoms with Gasteiger partial charge in [-0.25, -0.2) is 0 Å². The van der Waals surface area contributed by atoms with E-state index >= 15 is 0 Å². The molecule has 0 saturated heterocycles. The Kier molecular flexibility index (Phi) is 6.10. The van der Waals surface area contributed by atoms with Gasteiger partial charge in [-0.05, 0) is 50.3 Å². The fraction of sp³-hybridized carbons (Fsp3) is 0.625. The van der Waals surface area contributed by atoms with Crippen LogP contribution in [0.2, 0.25) is 0 Å². The van der Waals surface area contributed by atoms with Crippen molar-refractivity contribution in [3.05, 3.63) is 29.8 Å². The monoisotopic (exact) mass is 233 g/mol. The highest BCUT2D eigenvalue weighted by Crippen LogP contribution is 2.16. The minimum absolute atomic E-state index is 0.824. The van der Waals surface area contributed by atoms with Crippen molar-refractivity contribution in [2.24, 2.45) is 5.92 Å². The lowest BCUT2D eigenvalue weighted by molar-refractivity contribution is 0.556. The summed E-state index contributed by atoms with van der Waals surface area (Å²) in [5.74, 6) is 0.824. The summed E-state index contributed by atoms with van der Waals surface area (Å²) in [5.41, 5.74) is 2.82. The fourth-order valence-corrected chi connectivity index (χ4v) is 2.18. The Balaban J connectivity index is 2.49. The molecule has 0 fully saturated rings. The number of rotatable bonds is 7. The molecule has 1 aromatic rings.